The summed E-state index contributed by atoms with van der Waals surface area (Å²) < 4.78 is 0. The van der Waals surface area contributed by atoms with Gasteiger partial charge in [0.2, 0.25) is 5.28 Å². The second-order valence-corrected chi connectivity index (χ2v) is 17.4. The van der Waals surface area contributed by atoms with Crippen molar-refractivity contribution in [3.63, 3.8) is 0 Å². The van der Waals surface area contributed by atoms with Crippen molar-refractivity contribution in [3.05, 3.63) is 81.3 Å². The lowest BCUT2D eigenvalue weighted by molar-refractivity contribution is -0.120. The van der Waals surface area contributed by atoms with Gasteiger partial charge in [0, 0.05) is 61.8 Å². The summed E-state index contributed by atoms with van der Waals surface area (Å²) in [5.41, 5.74) is 8.75. The number of fused-ring (bicyclic) bond motifs is 2. The molecule has 4 heterocycles. The third-order valence-corrected chi connectivity index (χ3v) is 9.46. The molecule has 4 aromatic rings. The molecule has 2 aliphatic carbocycles. The molecule has 0 fully saturated rings. The average molecular weight is 755 g/mol. The molecule has 2 aliphatic rings. The first-order valence-corrected chi connectivity index (χ1v) is 19.4. The summed E-state index contributed by atoms with van der Waals surface area (Å²) in [6, 6.07) is 7.95. The van der Waals surface area contributed by atoms with Gasteiger partial charge in [0.15, 0.2) is 17.4 Å². The molecule has 0 N–H and O–H groups in total. The second-order valence-electron chi connectivity index (χ2n) is 17.1. The molecule has 4 aromatic heterocycles. The Hall–Kier alpha value is -4.31. The molecule has 0 atom stereocenters. The summed E-state index contributed by atoms with van der Waals surface area (Å²) in [6.07, 6.45) is 10.8. The zero-order chi connectivity index (χ0) is 39.8. The van der Waals surface area contributed by atoms with Crippen LogP contribution in [-0.4, -0.2) is 68.7 Å². The van der Waals surface area contributed by atoms with Gasteiger partial charge in [0.05, 0.1) is 18.8 Å². The van der Waals surface area contributed by atoms with Gasteiger partial charge in [0.25, 0.3) is 0 Å². The number of aryl methyl sites for hydroxylation is 5. The number of rotatable bonds is 9. The number of carbonyl (C=O) groups is 2. The first-order chi connectivity index (χ1) is 25.3. The number of Topliss-reactive ketones (excluding diaryl/α,β-unsaturated/α-hetero) is 2. The largest absolute Gasteiger partial charge is 0.352 e. The quantitative estimate of drug-likeness (QED) is 0.154. The summed E-state index contributed by atoms with van der Waals surface area (Å²) in [4.78, 5) is 55.2. The zero-order valence-corrected chi connectivity index (χ0v) is 35.1. The molecule has 0 unspecified atom stereocenters. The maximum atomic E-state index is 12.5. The van der Waals surface area contributed by atoms with Crippen LogP contribution in [0.25, 0.3) is 11.5 Å². The molecule has 0 aliphatic heterocycles. The van der Waals surface area contributed by atoms with E-state index >= 15 is 0 Å². The van der Waals surface area contributed by atoms with Crippen LogP contribution in [0.1, 0.15) is 107 Å². The summed E-state index contributed by atoms with van der Waals surface area (Å²) in [6.45, 7) is 19.3. The molecular formula is C43H59ClN8O2. The summed E-state index contributed by atoms with van der Waals surface area (Å²) in [5.74, 6) is 2.82. The summed E-state index contributed by atoms with van der Waals surface area (Å²) in [7, 11) is 3.86. The van der Waals surface area contributed by atoms with Crippen molar-refractivity contribution in [2.24, 2.45) is 10.8 Å². The molecule has 54 heavy (non-hydrogen) atoms. The maximum absolute atomic E-state index is 12.5. The Bertz CT molecular complexity index is 1910. The van der Waals surface area contributed by atoms with Crippen LogP contribution in [0, 0.1) is 31.6 Å². The SMILES string of the molecule is CN(CC(=O)CC(C)(C)C)c1nc(Cl)nc2c1CCC2.Cc1cccnc1-c1nc2c(c(N(C)CC(=O)CC(C)(C)C)n1)CCC2.Cc1cccnc1C. The van der Waals surface area contributed by atoms with Crippen molar-refractivity contribution in [2.75, 3.05) is 37.0 Å². The average Bonchev–Trinajstić information content (AvgIpc) is 3.74. The number of anilines is 2. The maximum Gasteiger partial charge on any atom is 0.224 e. The second kappa shape index (κ2) is 18.3. The number of ketones is 2. The Balaban J connectivity index is 0.000000204. The topological polar surface area (TPSA) is 118 Å². The highest BCUT2D eigenvalue weighted by Gasteiger charge is 2.26. The van der Waals surface area contributed by atoms with E-state index in [0.29, 0.717) is 31.8 Å². The molecule has 0 saturated heterocycles. The van der Waals surface area contributed by atoms with Gasteiger partial charge in [-0.3, -0.25) is 19.6 Å². The fraction of sp³-hybridized carbons (Fsp3) is 0.535. The fourth-order valence-electron chi connectivity index (χ4n) is 6.79. The first-order valence-electron chi connectivity index (χ1n) is 19.0. The van der Waals surface area contributed by atoms with Crippen molar-refractivity contribution in [1.29, 1.82) is 0 Å². The molecule has 0 saturated carbocycles. The van der Waals surface area contributed by atoms with Crippen LogP contribution in [0.3, 0.4) is 0 Å². The normalized spacial score (nSPS) is 13.2. The van der Waals surface area contributed by atoms with E-state index in [9.17, 15) is 9.59 Å². The Kier molecular flexibility index (Phi) is 14.4. The van der Waals surface area contributed by atoms with Gasteiger partial charge < -0.3 is 9.80 Å². The van der Waals surface area contributed by atoms with Crippen molar-refractivity contribution in [2.45, 2.75) is 114 Å². The predicted octanol–water partition coefficient (Wildman–Crippen LogP) is 8.54. The highest BCUT2D eigenvalue weighted by molar-refractivity contribution is 6.28. The lowest BCUT2D eigenvalue weighted by atomic mass is 9.90. The predicted molar refractivity (Wildman–Crippen MR) is 220 cm³/mol. The molecule has 6 rings (SSSR count). The third-order valence-electron chi connectivity index (χ3n) is 9.29. The van der Waals surface area contributed by atoms with Crippen LogP contribution in [0.4, 0.5) is 11.6 Å². The third kappa shape index (κ3) is 12.4. The van der Waals surface area contributed by atoms with Gasteiger partial charge in [-0.2, -0.15) is 0 Å². The molecule has 0 bridgehead atoms. The minimum atomic E-state index is 0.00176. The Morgan fingerprint density at radius 1 is 0.667 bits per heavy atom. The van der Waals surface area contributed by atoms with Crippen LogP contribution in [-0.2, 0) is 35.3 Å². The molecule has 290 valence electrons. The van der Waals surface area contributed by atoms with Gasteiger partial charge in [-0.05, 0) is 105 Å². The van der Waals surface area contributed by atoms with Gasteiger partial charge in [0.1, 0.15) is 17.3 Å². The van der Waals surface area contributed by atoms with E-state index in [0.717, 1.165) is 84.1 Å². The molecule has 11 heteroatoms. The van der Waals surface area contributed by atoms with E-state index < -0.39 is 0 Å². The van der Waals surface area contributed by atoms with Crippen LogP contribution in [0.15, 0.2) is 36.7 Å². The number of likely N-dealkylation sites (N-methyl/N-ethyl adjacent to an activating group) is 2. The monoisotopic (exact) mass is 754 g/mol. The smallest absolute Gasteiger partial charge is 0.224 e. The molecule has 0 aromatic carbocycles. The van der Waals surface area contributed by atoms with Crippen LogP contribution in [0.2, 0.25) is 5.28 Å². The Morgan fingerprint density at radius 2 is 1.15 bits per heavy atom. The number of aromatic nitrogens is 6. The van der Waals surface area contributed by atoms with E-state index in [1.54, 1.807) is 6.20 Å². The first kappa shape index (κ1) is 42.4. The lowest BCUT2D eigenvalue weighted by Gasteiger charge is -2.23. The number of nitrogens with zero attached hydrogens (tertiary/aromatic N) is 8. The minimum absolute atomic E-state index is 0.00176. The zero-order valence-electron chi connectivity index (χ0n) is 34.3. The van der Waals surface area contributed by atoms with E-state index in [4.69, 9.17) is 21.6 Å². The van der Waals surface area contributed by atoms with Crippen molar-refractivity contribution in [3.8, 4) is 11.5 Å². The Labute approximate surface area is 327 Å². The molecular weight excluding hydrogens is 696 g/mol. The minimum Gasteiger partial charge on any atom is -0.352 e. The van der Waals surface area contributed by atoms with Gasteiger partial charge in [-0.1, -0.05) is 53.7 Å². The van der Waals surface area contributed by atoms with Crippen LogP contribution >= 0.6 is 11.6 Å². The Morgan fingerprint density at radius 3 is 1.61 bits per heavy atom. The highest BCUT2D eigenvalue weighted by atomic mass is 35.5. The summed E-state index contributed by atoms with van der Waals surface area (Å²) in [5, 5.41) is 0.274. The number of pyridine rings is 2. The number of halogens is 1. The van der Waals surface area contributed by atoms with Gasteiger partial charge in [-0.15, -0.1) is 0 Å². The van der Waals surface area contributed by atoms with E-state index in [-0.39, 0.29) is 27.7 Å². The molecule has 0 spiro atoms. The van der Waals surface area contributed by atoms with Crippen LogP contribution in [0.5, 0.6) is 0 Å². The highest BCUT2D eigenvalue weighted by Crippen LogP contribution is 2.32. The van der Waals surface area contributed by atoms with Gasteiger partial charge in [-0.25, -0.2) is 19.9 Å². The molecule has 0 radical (unpaired) electrons. The van der Waals surface area contributed by atoms with Crippen LogP contribution < -0.4 is 9.80 Å². The number of hydrogen-bond donors (Lipinski definition) is 0. The van der Waals surface area contributed by atoms with E-state index in [2.05, 4.69) is 74.5 Å². The number of hydrogen-bond acceptors (Lipinski definition) is 10. The summed E-state index contributed by atoms with van der Waals surface area (Å²) >= 11 is 5.98. The van der Waals surface area contributed by atoms with Crippen molar-refractivity contribution >= 4 is 34.8 Å². The molecule has 10 nitrogen and oxygen atoms in total. The standard InChI is InChI=1S/C21H28N4O.C15H22ClN3O.C7H9N/c1-14-8-7-11-22-18(14)19-23-17-10-6-9-16(17)20(24-19)25(5)13-15(26)12-21(2,3)4;1-15(2,3)8-10(20)9-19(4)13-11-6-5-7-12(11)17-14(16)18-13;1-6-4-3-5-8-7(6)2/h7-8,11H,6,9-10,12-13H2,1-5H3;5-9H2,1-4H3;3-5H,1-2H3. The van der Waals surface area contributed by atoms with Crippen molar-refractivity contribution in [1.82, 2.24) is 29.9 Å². The fourth-order valence-corrected chi connectivity index (χ4v) is 6.97. The van der Waals surface area contributed by atoms with E-state index in [1.165, 1.54) is 11.1 Å². The van der Waals surface area contributed by atoms with E-state index in [1.807, 2.05) is 62.1 Å². The lowest BCUT2D eigenvalue weighted by Crippen LogP contribution is -2.30. The number of carbonyl (C=O) groups excluding carboxylic acids is 2. The van der Waals surface area contributed by atoms with Gasteiger partial charge >= 0.3 is 0 Å². The van der Waals surface area contributed by atoms with Crippen molar-refractivity contribution < 1.29 is 9.59 Å². The molecule has 0 amide bonds.